The summed E-state index contributed by atoms with van der Waals surface area (Å²) in [6.45, 7) is 8.83. The summed E-state index contributed by atoms with van der Waals surface area (Å²) < 4.78 is 4.63. The second kappa shape index (κ2) is 7.01. The number of carbonyl (C=O) groups excluding carboxylic acids is 1. The minimum absolute atomic E-state index is 0.200. The van der Waals surface area contributed by atoms with Gasteiger partial charge in [-0.15, -0.1) is 0 Å². The van der Waals surface area contributed by atoms with E-state index in [-0.39, 0.29) is 13.2 Å². The molecule has 0 aliphatic carbocycles. The molecule has 0 saturated carbocycles. The molecule has 0 atom stereocenters. The van der Waals surface area contributed by atoms with Crippen LogP contribution in [0.5, 0.6) is 0 Å². The summed E-state index contributed by atoms with van der Waals surface area (Å²) in [5.74, 6) is -1.17. The monoisotopic (exact) mass is 232 g/mol. The van der Waals surface area contributed by atoms with Crippen LogP contribution in [0.15, 0.2) is 35.5 Å². The molecule has 17 heavy (non-hydrogen) atoms. The van der Waals surface area contributed by atoms with Gasteiger partial charge in [-0.2, -0.15) is 0 Å². The molecular formula is C12H12N2O3. The molecule has 1 aromatic rings. The number of esters is 1. The lowest BCUT2D eigenvalue weighted by Gasteiger charge is -1.98. The van der Waals surface area contributed by atoms with Crippen LogP contribution in [0, 0.1) is 6.57 Å². The zero-order valence-corrected chi connectivity index (χ0v) is 9.42. The summed E-state index contributed by atoms with van der Waals surface area (Å²) in [5, 5.41) is 3.44. The number of hydrogen-bond acceptors (Lipinski definition) is 4. The van der Waals surface area contributed by atoms with Gasteiger partial charge in [-0.3, -0.25) is 4.79 Å². The standard InChI is InChI=1S/C12H12N2O3/c1-3-16-12(15)11(13-2)14-17-9-10-7-5-4-6-8-10/h4-8H,3,9H2,1H3/b14-11-. The van der Waals surface area contributed by atoms with Crippen LogP contribution in [-0.4, -0.2) is 18.4 Å². The fourth-order valence-electron chi connectivity index (χ4n) is 1.04. The van der Waals surface area contributed by atoms with E-state index in [9.17, 15) is 4.79 Å². The fourth-order valence-corrected chi connectivity index (χ4v) is 1.04. The Morgan fingerprint density at radius 1 is 1.41 bits per heavy atom. The summed E-state index contributed by atoms with van der Waals surface area (Å²) in [7, 11) is 0. The third-order valence-electron chi connectivity index (χ3n) is 1.79. The number of ether oxygens (including phenoxy) is 1. The zero-order chi connectivity index (χ0) is 12.5. The molecule has 0 heterocycles. The molecule has 0 spiro atoms. The largest absolute Gasteiger partial charge is 0.470 e. The first-order chi connectivity index (χ1) is 8.27. The van der Waals surface area contributed by atoms with Crippen molar-refractivity contribution in [3.05, 3.63) is 47.3 Å². The summed E-state index contributed by atoms with van der Waals surface area (Å²) in [6.07, 6.45) is 0. The van der Waals surface area contributed by atoms with Crippen molar-refractivity contribution < 1.29 is 14.4 Å². The number of benzene rings is 1. The van der Waals surface area contributed by atoms with Crippen molar-refractivity contribution in [2.45, 2.75) is 13.5 Å². The van der Waals surface area contributed by atoms with E-state index in [0.29, 0.717) is 0 Å². The average molecular weight is 232 g/mol. The van der Waals surface area contributed by atoms with E-state index in [1.165, 1.54) is 0 Å². The topological polar surface area (TPSA) is 52.2 Å². The maximum Gasteiger partial charge on any atom is 0.398 e. The molecule has 0 amide bonds. The van der Waals surface area contributed by atoms with E-state index < -0.39 is 11.8 Å². The molecule has 0 aromatic heterocycles. The predicted octanol–water partition coefficient (Wildman–Crippen LogP) is 2.00. The predicted molar refractivity (Wildman–Crippen MR) is 61.9 cm³/mol. The number of carbonyl (C=O) groups is 1. The van der Waals surface area contributed by atoms with Crippen molar-refractivity contribution in [3.63, 3.8) is 0 Å². The van der Waals surface area contributed by atoms with Crippen molar-refractivity contribution >= 4 is 11.8 Å². The molecule has 5 nitrogen and oxygen atoms in total. The Labute approximate surface area is 99.5 Å². The van der Waals surface area contributed by atoms with Crippen molar-refractivity contribution in [1.82, 2.24) is 0 Å². The smallest absolute Gasteiger partial charge is 0.398 e. The lowest BCUT2D eigenvalue weighted by Crippen LogP contribution is -2.14. The summed E-state index contributed by atoms with van der Waals surface area (Å²) in [5.41, 5.74) is 0.907. The highest BCUT2D eigenvalue weighted by molar-refractivity contribution is 6.39. The summed E-state index contributed by atoms with van der Waals surface area (Å²) in [4.78, 5) is 19.0. The van der Waals surface area contributed by atoms with Crippen LogP contribution in [0.2, 0.25) is 0 Å². The molecule has 0 unspecified atom stereocenters. The Morgan fingerprint density at radius 2 is 2.12 bits per heavy atom. The van der Waals surface area contributed by atoms with Gasteiger partial charge in [0.15, 0.2) is 6.61 Å². The van der Waals surface area contributed by atoms with E-state index >= 15 is 0 Å². The first kappa shape index (κ1) is 12.7. The van der Waals surface area contributed by atoms with Gasteiger partial charge in [0.1, 0.15) is 0 Å². The first-order valence-electron chi connectivity index (χ1n) is 5.06. The van der Waals surface area contributed by atoms with Crippen molar-refractivity contribution in [1.29, 1.82) is 0 Å². The van der Waals surface area contributed by atoms with E-state index in [2.05, 4.69) is 14.7 Å². The van der Waals surface area contributed by atoms with Crippen LogP contribution in [0.3, 0.4) is 0 Å². The maximum atomic E-state index is 11.2. The van der Waals surface area contributed by atoms with Crippen LogP contribution in [0.4, 0.5) is 0 Å². The molecule has 0 aliphatic heterocycles. The van der Waals surface area contributed by atoms with Gasteiger partial charge in [0, 0.05) is 0 Å². The minimum Gasteiger partial charge on any atom is -0.470 e. The molecule has 1 aromatic carbocycles. The number of nitrogens with zero attached hydrogens (tertiary/aromatic N) is 2. The molecule has 0 N–H and O–H groups in total. The van der Waals surface area contributed by atoms with Crippen molar-refractivity contribution in [3.8, 4) is 0 Å². The summed E-state index contributed by atoms with van der Waals surface area (Å²) >= 11 is 0. The number of amidine groups is 1. The molecule has 0 fully saturated rings. The van der Waals surface area contributed by atoms with Crippen LogP contribution >= 0.6 is 0 Å². The second-order valence-corrected chi connectivity index (χ2v) is 3.01. The van der Waals surface area contributed by atoms with Gasteiger partial charge in [-0.25, -0.2) is 0 Å². The van der Waals surface area contributed by atoms with Crippen LogP contribution < -0.4 is 0 Å². The van der Waals surface area contributed by atoms with Gasteiger partial charge in [-0.05, 0) is 12.5 Å². The Hall–Kier alpha value is -2.35. The molecule has 1 rings (SSSR count). The van der Waals surface area contributed by atoms with E-state index in [0.717, 1.165) is 5.56 Å². The SMILES string of the molecule is [C-]#[N+]/C(=N\OCc1ccccc1)C(=O)OCC. The van der Waals surface area contributed by atoms with Gasteiger partial charge in [0.25, 0.3) is 0 Å². The quantitative estimate of drug-likeness (QED) is 0.262. The number of hydrogen-bond donors (Lipinski definition) is 0. The highest BCUT2D eigenvalue weighted by atomic mass is 16.6. The third-order valence-corrected chi connectivity index (χ3v) is 1.79. The molecule has 5 heteroatoms. The zero-order valence-electron chi connectivity index (χ0n) is 9.42. The highest BCUT2D eigenvalue weighted by Gasteiger charge is 2.13. The second-order valence-electron chi connectivity index (χ2n) is 3.01. The van der Waals surface area contributed by atoms with Gasteiger partial charge < -0.3 is 14.4 Å². The highest BCUT2D eigenvalue weighted by Crippen LogP contribution is 2.01. The Bertz CT molecular complexity index is 435. The Balaban J connectivity index is 2.52. The van der Waals surface area contributed by atoms with Gasteiger partial charge in [0.05, 0.1) is 11.8 Å². The molecule has 0 aliphatic rings. The third kappa shape index (κ3) is 4.34. The molecule has 0 radical (unpaired) electrons. The summed E-state index contributed by atoms with van der Waals surface area (Å²) in [6, 6.07) is 9.33. The van der Waals surface area contributed by atoms with Crippen LogP contribution in [-0.2, 0) is 21.0 Å². The maximum absolute atomic E-state index is 11.2. The normalized spacial score (nSPS) is 10.5. The van der Waals surface area contributed by atoms with E-state index in [4.69, 9.17) is 11.4 Å². The molecule has 0 saturated heterocycles. The van der Waals surface area contributed by atoms with Crippen molar-refractivity contribution in [2.24, 2.45) is 5.16 Å². The Morgan fingerprint density at radius 3 is 2.71 bits per heavy atom. The molecular weight excluding hydrogens is 220 g/mol. The van der Waals surface area contributed by atoms with Crippen LogP contribution in [0.25, 0.3) is 4.85 Å². The van der Waals surface area contributed by atoms with E-state index in [1.54, 1.807) is 6.92 Å². The minimum atomic E-state index is -0.768. The average Bonchev–Trinajstić information content (AvgIpc) is 2.36. The molecule has 0 bridgehead atoms. The first-order valence-corrected chi connectivity index (χ1v) is 5.06. The van der Waals surface area contributed by atoms with Gasteiger partial charge in [0.2, 0.25) is 0 Å². The number of rotatable bonds is 4. The van der Waals surface area contributed by atoms with Gasteiger partial charge in [-0.1, -0.05) is 36.9 Å². The fraction of sp³-hybridized carbons (Fsp3) is 0.250. The van der Waals surface area contributed by atoms with Crippen molar-refractivity contribution in [2.75, 3.05) is 6.61 Å². The Kier molecular flexibility index (Phi) is 5.25. The number of oxime groups is 1. The van der Waals surface area contributed by atoms with Gasteiger partial charge >= 0.3 is 11.8 Å². The lowest BCUT2D eigenvalue weighted by atomic mass is 10.2. The van der Waals surface area contributed by atoms with E-state index in [1.807, 2.05) is 30.3 Å². The van der Waals surface area contributed by atoms with Crippen LogP contribution in [0.1, 0.15) is 12.5 Å². The lowest BCUT2D eigenvalue weighted by molar-refractivity contribution is -0.135. The molecule has 88 valence electrons.